The van der Waals surface area contributed by atoms with Gasteiger partial charge >= 0.3 is 11.9 Å². The van der Waals surface area contributed by atoms with Crippen molar-refractivity contribution in [3.05, 3.63) is 77.4 Å². The van der Waals surface area contributed by atoms with Crippen LogP contribution in [-0.4, -0.2) is 42.4 Å². The molecular weight excluding hydrogens is 382 g/mol. The van der Waals surface area contributed by atoms with Gasteiger partial charge in [-0.25, -0.2) is 9.59 Å². The summed E-state index contributed by atoms with van der Waals surface area (Å²) in [5.74, 6) is 0.455. The average Bonchev–Trinajstić information content (AvgIpc) is 2.78. The van der Waals surface area contributed by atoms with Crippen molar-refractivity contribution >= 4 is 11.9 Å². The van der Waals surface area contributed by atoms with E-state index in [1.54, 1.807) is 12.7 Å². The molecule has 0 spiro atoms. The largest absolute Gasteiger partial charge is 0.497 e. The standard InChI is InChI=1S/C20H23NO.C4H4O4/c1-22-16-8-6-14(7-9-16)19-12-15-10-11-21-13-20(15)18-5-3-2-4-17(18)19;5-3(6)1-2-4(7)8/h2-9,15,19-21H,10-13H2,1H3;1-2H,(H,5,6)(H,7,8)/b;2-1-. The molecule has 1 aliphatic heterocycles. The number of methoxy groups -OCH3 is 1. The number of benzene rings is 2. The van der Waals surface area contributed by atoms with Crippen molar-refractivity contribution in [2.45, 2.75) is 24.7 Å². The van der Waals surface area contributed by atoms with E-state index >= 15 is 0 Å². The molecule has 30 heavy (non-hydrogen) atoms. The van der Waals surface area contributed by atoms with Gasteiger partial charge in [-0.3, -0.25) is 0 Å². The van der Waals surface area contributed by atoms with Crippen LogP contribution < -0.4 is 10.1 Å². The van der Waals surface area contributed by atoms with Crippen LogP contribution in [0.25, 0.3) is 0 Å². The quantitative estimate of drug-likeness (QED) is 0.668. The van der Waals surface area contributed by atoms with Gasteiger partial charge in [-0.15, -0.1) is 0 Å². The molecule has 2 aliphatic rings. The molecule has 2 aromatic rings. The lowest BCUT2D eigenvalue weighted by Gasteiger charge is -2.41. The van der Waals surface area contributed by atoms with E-state index in [9.17, 15) is 9.59 Å². The second-order valence-electron chi connectivity index (χ2n) is 7.56. The highest BCUT2D eigenvalue weighted by molar-refractivity contribution is 5.89. The van der Waals surface area contributed by atoms with Crippen LogP contribution in [-0.2, 0) is 9.59 Å². The van der Waals surface area contributed by atoms with Crippen molar-refractivity contribution in [2.24, 2.45) is 5.92 Å². The van der Waals surface area contributed by atoms with Gasteiger partial charge in [0, 0.05) is 24.6 Å². The van der Waals surface area contributed by atoms with E-state index in [2.05, 4.69) is 53.8 Å². The van der Waals surface area contributed by atoms with E-state index < -0.39 is 11.9 Å². The van der Waals surface area contributed by atoms with Crippen LogP contribution in [0.4, 0.5) is 0 Å². The molecule has 4 rings (SSSR count). The first kappa shape index (κ1) is 21.6. The summed E-state index contributed by atoms with van der Waals surface area (Å²) in [6.07, 6.45) is 3.69. The highest BCUT2D eigenvalue weighted by Gasteiger charge is 2.36. The number of rotatable bonds is 4. The fraction of sp³-hybridized carbons (Fsp3) is 0.333. The highest BCUT2D eigenvalue weighted by Crippen LogP contribution is 2.47. The lowest BCUT2D eigenvalue weighted by atomic mass is 9.66. The van der Waals surface area contributed by atoms with Crippen molar-refractivity contribution in [2.75, 3.05) is 20.2 Å². The zero-order valence-corrected chi connectivity index (χ0v) is 17.0. The number of piperidine rings is 1. The summed E-state index contributed by atoms with van der Waals surface area (Å²) >= 11 is 0. The number of ether oxygens (including phenoxy) is 1. The Hall–Kier alpha value is -3.12. The normalized spacial score (nSPS) is 22.2. The maximum atomic E-state index is 9.55. The van der Waals surface area contributed by atoms with E-state index in [0.717, 1.165) is 18.2 Å². The molecule has 3 N–H and O–H groups in total. The van der Waals surface area contributed by atoms with Crippen LogP contribution in [0.15, 0.2) is 60.7 Å². The summed E-state index contributed by atoms with van der Waals surface area (Å²) in [5, 5.41) is 19.2. The van der Waals surface area contributed by atoms with Crippen LogP contribution in [0, 0.1) is 5.92 Å². The summed E-state index contributed by atoms with van der Waals surface area (Å²) in [4.78, 5) is 19.1. The summed E-state index contributed by atoms with van der Waals surface area (Å²) in [6, 6.07) is 17.7. The van der Waals surface area contributed by atoms with Gasteiger partial charge in [0.15, 0.2) is 0 Å². The number of carbonyl (C=O) groups is 2. The average molecular weight is 409 g/mol. The number of fused-ring (bicyclic) bond motifs is 3. The van der Waals surface area contributed by atoms with Crippen molar-refractivity contribution in [3.63, 3.8) is 0 Å². The van der Waals surface area contributed by atoms with E-state index in [4.69, 9.17) is 14.9 Å². The van der Waals surface area contributed by atoms with E-state index in [-0.39, 0.29) is 0 Å². The lowest BCUT2D eigenvalue weighted by molar-refractivity contribution is -0.134. The van der Waals surface area contributed by atoms with Gasteiger partial charge in [0.2, 0.25) is 0 Å². The highest BCUT2D eigenvalue weighted by atomic mass is 16.5. The first-order valence-electron chi connectivity index (χ1n) is 10.1. The van der Waals surface area contributed by atoms with Crippen LogP contribution in [0.1, 0.15) is 41.4 Å². The van der Waals surface area contributed by atoms with Crippen molar-refractivity contribution in [1.82, 2.24) is 5.32 Å². The fourth-order valence-electron chi connectivity index (χ4n) is 4.45. The number of carboxylic acids is 2. The molecule has 0 saturated carbocycles. The molecule has 0 radical (unpaired) electrons. The Morgan fingerprint density at radius 2 is 1.63 bits per heavy atom. The fourth-order valence-corrected chi connectivity index (χ4v) is 4.45. The number of nitrogens with one attached hydrogen (secondary N) is 1. The van der Waals surface area contributed by atoms with Crippen LogP contribution in [0.3, 0.4) is 0 Å². The van der Waals surface area contributed by atoms with Gasteiger partial charge in [0.1, 0.15) is 5.75 Å². The molecule has 1 aliphatic carbocycles. The molecule has 6 nitrogen and oxygen atoms in total. The summed E-state index contributed by atoms with van der Waals surface area (Å²) in [6.45, 7) is 2.30. The molecule has 6 heteroatoms. The molecule has 0 amide bonds. The molecular formula is C24H27NO5. The monoisotopic (exact) mass is 409 g/mol. The lowest BCUT2D eigenvalue weighted by Crippen LogP contribution is -2.38. The first-order chi connectivity index (χ1) is 14.5. The predicted molar refractivity (Wildman–Crippen MR) is 114 cm³/mol. The van der Waals surface area contributed by atoms with Gasteiger partial charge in [-0.1, -0.05) is 36.4 Å². The number of carboxylic acid groups (broad SMARTS) is 2. The molecule has 3 unspecified atom stereocenters. The Bertz CT molecular complexity index is 890. The molecule has 1 fully saturated rings. The van der Waals surface area contributed by atoms with E-state index in [0.29, 0.717) is 24.0 Å². The number of hydrogen-bond donors (Lipinski definition) is 3. The predicted octanol–water partition coefficient (Wildman–Crippen LogP) is 3.64. The van der Waals surface area contributed by atoms with Crippen molar-refractivity contribution in [3.8, 4) is 5.75 Å². The first-order valence-corrected chi connectivity index (χ1v) is 10.1. The summed E-state index contributed by atoms with van der Waals surface area (Å²) < 4.78 is 5.30. The second-order valence-corrected chi connectivity index (χ2v) is 7.56. The van der Waals surface area contributed by atoms with Gasteiger partial charge in [-0.05, 0) is 60.0 Å². The Balaban J connectivity index is 0.000000275. The third-order valence-corrected chi connectivity index (χ3v) is 5.82. The molecule has 2 aromatic carbocycles. The maximum absolute atomic E-state index is 9.55. The van der Waals surface area contributed by atoms with Gasteiger partial charge in [0.05, 0.1) is 7.11 Å². The van der Waals surface area contributed by atoms with Gasteiger partial charge in [-0.2, -0.15) is 0 Å². The molecule has 0 bridgehead atoms. The maximum Gasteiger partial charge on any atom is 0.328 e. The van der Waals surface area contributed by atoms with Crippen LogP contribution >= 0.6 is 0 Å². The summed E-state index contributed by atoms with van der Waals surface area (Å²) in [7, 11) is 1.73. The van der Waals surface area contributed by atoms with Crippen LogP contribution in [0.5, 0.6) is 5.75 Å². The Kier molecular flexibility index (Phi) is 7.25. The van der Waals surface area contributed by atoms with E-state index in [1.165, 1.54) is 30.5 Å². The van der Waals surface area contributed by atoms with E-state index in [1.807, 2.05) is 0 Å². The Morgan fingerprint density at radius 1 is 1.00 bits per heavy atom. The van der Waals surface area contributed by atoms with Crippen molar-refractivity contribution < 1.29 is 24.5 Å². The van der Waals surface area contributed by atoms with Crippen LogP contribution in [0.2, 0.25) is 0 Å². The second kappa shape index (κ2) is 10.1. The zero-order chi connectivity index (χ0) is 21.5. The SMILES string of the molecule is COc1ccc(C2CC3CCNCC3c3ccccc32)cc1.O=C(O)/C=C\C(=O)O. The minimum Gasteiger partial charge on any atom is -0.497 e. The molecule has 158 valence electrons. The van der Waals surface area contributed by atoms with Crippen molar-refractivity contribution in [1.29, 1.82) is 0 Å². The zero-order valence-electron chi connectivity index (χ0n) is 17.0. The molecule has 3 atom stereocenters. The molecule has 1 saturated heterocycles. The Labute approximate surface area is 176 Å². The van der Waals surface area contributed by atoms with Gasteiger partial charge < -0.3 is 20.3 Å². The third kappa shape index (κ3) is 5.27. The number of aliphatic carboxylic acids is 2. The minimum absolute atomic E-state index is 0.529. The smallest absolute Gasteiger partial charge is 0.328 e. The molecule has 1 heterocycles. The third-order valence-electron chi connectivity index (χ3n) is 5.82. The summed E-state index contributed by atoms with van der Waals surface area (Å²) in [5.41, 5.74) is 4.51. The topological polar surface area (TPSA) is 95.9 Å². The molecule has 0 aromatic heterocycles. The Morgan fingerprint density at radius 3 is 2.23 bits per heavy atom. The van der Waals surface area contributed by atoms with Gasteiger partial charge in [0.25, 0.3) is 0 Å². The number of hydrogen-bond acceptors (Lipinski definition) is 4. The minimum atomic E-state index is -1.26.